The number of rotatable bonds is 13. The first-order chi connectivity index (χ1) is 28.1. The number of hydrogen-bond donors (Lipinski definition) is 3. The predicted molar refractivity (Wildman–Crippen MR) is 222 cm³/mol. The van der Waals surface area contributed by atoms with E-state index in [1.165, 1.54) is 17.0 Å². The molecule has 12 nitrogen and oxygen atoms in total. The van der Waals surface area contributed by atoms with Gasteiger partial charge < -0.3 is 34.6 Å². The van der Waals surface area contributed by atoms with E-state index in [4.69, 9.17) is 19.2 Å². The Labute approximate surface area is 344 Å². The summed E-state index contributed by atoms with van der Waals surface area (Å²) in [5, 5.41) is 4.91. The van der Waals surface area contributed by atoms with Gasteiger partial charge in [-0.2, -0.15) is 0 Å². The molecule has 2 heterocycles. The van der Waals surface area contributed by atoms with Crippen molar-refractivity contribution in [1.29, 1.82) is 0 Å². The first-order valence-corrected chi connectivity index (χ1v) is 21.9. The number of alkyl carbamates (subject to hydrolysis) is 1. The summed E-state index contributed by atoms with van der Waals surface area (Å²) in [6.07, 6.45) is 3.38. The Morgan fingerprint density at radius 1 is 1.05 bits per heavy atom. The summed E-state index contributed by atoms with van der Waals surface area (Å²) < 4.78 is 46.0. The number of nitrogens with zero attached hydrogens (tertiary/aromatic N) is 2. The number of fused-ring (bicyclic) bond motifs is 1. The third kappa shape index (κ3) is 9.01. The van der Waals surface area contributed by atoms with Crippen molar-refractivity contribution in [3.63, 3.8) is 0 Å². The fourth-order valence-electron chi connectivity index (χ4n) is 8.30. The Kier molecular flexibility index (Phi) is 11.9. The number of carbonyl (C=O) groups excluding carboxylic acids is 3. The highest BCUT2D eigenvalue weighted by Gasteiger charge is 2.65. The van der Waals surface area contributed by atoms with Gasteiger partial charge in [-0.3, -0.25) is 14.2 Å². The van der Waals surface area contributed by atoms with Gasteiger partial charge in [0, 0.05) is 35.4 Å². The van der Waals surface area contributed by atoms with E-state index in [2.05, 4.69) is 17.2 Å². The molecule has 6 atom stereocenters. The fourth-order valence-corrected chi connectivity index (χ4v) is 10.7. The first kappa shape index (κ1) is 41.9. The number of methoxy groups -OCH3 is 1. The quantitative estimate of drug-likeness (QED) is 0.0899. The summed E-state index contributed by atoms with van der Waals surface area (Å²) in [4.78, 5) is 60.6. The third-order valence-electron chi connectivity index (χ3n) is 11.7. The van der Waals surface area contributed by atoms with Gasteiger partial charge in [-0.25, -0.2) is 14.2 Å². The van der Waals surface area contributed by atoms with Crippen LogP contribution >= 0.6 is 7.37 Å². The summed E-state index contributed by atoms with van der Waals surface area (Å²) in [7, 11) is -2.54. The predicted octanol–water partition coefficient (Wildman–Crippen LogP) is 7.97. The number of ether oxygens (including phenoxy) is 3. The second-order valence-corrected chi connectivity index (χ2v) is 19.5. The van der Waals surface area contributed by atoms with Crippen molar-refractivity contribution in [2.24, 2.45) is 11.3 Å². The van der Waals surface area contributed by atoms with Gasteiger partial charge in [0.25, 0.3) is 0 Å². The average molecular weight is 827 g/mol. The lowest BCUT2D eigenvalue weighted by Gasteiger charge is -2.36. The number of pyridine rings is 1. The maximum absolute atomic E-state index is 14.8. The van der Waals surface area contributed by atoms with E-state index in [-0.39, 0.29) is 31.7 Å². The molecule has 0 bridgehead atoms. The first-order valence-electron chi connectivity index (χ1n) is 20.1. The van der Waals surface area contributed by atoms with E-state index in [0.29, 0.717) is 39.2 Å². The van der Waals surface area contributed by atoms with Crippen molar-refractivity contribution in [2.75, 3.05) is 13.7 Å². The van der Waals surface area contributed by atoms with Gasteiger partial charge in [0.1, 0.15) is 46.9 Å². The monoisotopic (exact) mass is 826 g/mol. The molecule has 14 heteroatoms. The summed E-state index contributed by atoms with van der Waals surface area (Å²) >= 11 is 0. The molecule has 59 heavy (non-hydrogen) atoms. The molecule has 4 aromatic rings. The molecule has 312 valence electrons. The van der Waals surface area contributed by atoms with E-state index >= 15 is 0 Å². The maximum atomic E-state index is 14.8. The summed E-state index contributed by atoms with van der Waals surface area (Å²) in [5.41, 5.74) is 1.53. The van der Waals surface area contributed by atoms with Crippen LogP contribution in [0.15, 0.2) is 91.5 Å². The van der Waals surface area contributed by atoms with Gasteiger partial charge in [0.15, 0.2) is 0 Å². The molecule has 3 fully saturated rings. The fraction of sp³-hybridized carbons (Fsp3) is 0.422. The van der Waals surface area contributed by atoms with E-state index in [0.717, 1.165) is 25.7 Å². The van der Waals surface area contributed by atoms with Crippen molar-refractivity contribution in [2.45, 2.75) is 95.0 Å². The van der Waals surface area contributed by atoms with Gasteiger partial charge in [-0.05, 0) is 79.5 Å². The van der Waals surface area contributed by atoms with Crippen LogP contribution in [0.3, 0.4) is 0 Å². The topological polar surface area (TPSA) is 156 Å². The molecule has 3 N–H and O–H groups in total. The Morgan fingerprint density at radius 3 is 2.41 bits per heavy atom. The standard InChI is InChI=1S/C45H52FN4O8P/c1-6-30-25-45(30,59(54,55)27-28-12-8-7-9-13-28)49-41(51)38-23-34(26-50(38)42(52)40(44(2,3)4)48-43(53)58-32-14-10-11-15-32)57-39-24-36(29-16-18-31(46)19-17-29)47-37-22-33(56-5)20-21-35(37)39/h6-9,12-13,16-22,24,30,32,34,38,40H,1,10-11,14-15,23,25-27H2,2-5H3,(H,48,53)(H,49,51)(H,54,55)/t30-,34-,38+,40-,45+/m1/s1. The molecular formula is C45H52FN4O8P. The second-order valence-electron chi connectivity index (χ2n) is 16.9. The second kappa shape index (κ2) is 16.8. The smallest absolute Gasteiger partial charge is 0.408 e. The molecular weight excluding hydrogens is 774 g/mol. The summed E-state index contributed by atoms with van der Waals surface area (Å²) in [6, 6.07) is 19.7. The highest BCUT2D eigenvalue weighted by Crippen LogP contribution is 2.70. The zero-order valence-corrected chi connectivity index (χ0v) is 34.8. The van der Waals surface area contributed by atoms with E-state index in [9.17, 15) is 28.2 Å². The number of amides is 3. The molecule has 1 aliphatic heterocycles. The highest BCUT2D eigenvalue weighted by atomic mass is 31.2. The number of aromatic nitrogens is 1. The molecule has 0 radical (unpaired) electrons. The number of nitrogens with one attached hydrogen (secondary N) is 2. The average Bonchev–Trinajstić information content (AvgIpc) is 3.46. The maximum Gasteiger partial charge on any atom is 0.408 e. The normalized spacial score (nSPS) is 23.2. The van der Waals surface area contributed by atoms with E-state index in [1.807, 2.05) is 26.8 Å². The Hall–Kier alpha value is -5.26. The molecule has 1 aromatic heterocycles. The molecule has 2 saturated carbocycles. The minimum absolute atomic E-state index is 0.0239. The van der Waals surface area contributed by atoms with E-state index in [1.54, 1.807) is 73.8 Å². The molecule has 2 aliphatic carbocycles. The Balaban J connectivity index is 1.22. The molecule has 3 amide bonds. The van der Waals surface area contributed by atoms with Gasteiger partial charge in [0.05, 0.1) is 31.0 Å². The minimum atomic E-state index is -4.09. The van der Waals surface area contributed by atoms with Gasteiger partial charge >= 0.3 is 6.09 Å². The molecule has 7 rings (SSSR count). The Morgan fingerprint density at radius 2 is 1.76 bits per heavy atom. The van der Waals surface area contributed by atoms with Crippen LogP contribution in [0.2, 0.25) is 0 Å². The largest absolute Gasteiger partial charge is 0.497 e. The van der Waals surface area contributed by atoms with Crippen LogP contribution in [0.4, 0.5) is 9.18 Å². The van der Waals surface area contributed by atoms with Crippen LogP contribution in [-0.4, -0.2) is 75.9 Å². The van der Waals surface area contributed by atoms with Crippen LogP contribution in [0.25, 0.3) is 22.2 Å². The lowest BCUT2D eigenvalue weighted by molar-refractivity contribution is -0.142. The van der Waals surface area contributed by atoms with E-state index < -0.39 is 65.9 Å². The van der Waals surface area contributed by atoms with Crippen LogP contribution < -0.4 is 20.1 Å². The van der Waals surface area contributed by atoms with Crippen LogP contribution in [0.5, 0.6) is 11.5 Å². The zero-order valence-electron chi connectivity index (χ0n) is 33.9. The van der Waals surface area contributed by atoms with Gasteiger partial charge in [0.2, 0.25) is 19.2 Å². The van der Waals surface area contributed by atoms with Crippen LogP contribution in [-0.2, 0) is 25.1 Å². The highest BCUT2D eigenvalue weighted by molar-refractivity contribution is 7.59. The van der Waals surface area contributed by atoms with Gasteiger partial charge in [-0.15, -0.1) is 6.58 Å². The number of benzene rings is 3. The lowest BCUT2D eigenvalue weighted by Crippen LogP contribution is -2.58. The molecule has 1 unspecified atom stereocenters. The molecule has 1 saturated heterocycles. The SMILES string of the molecule is C=C[C@@H]1C[C@]1(NC(=O)[C@@H]1C[C@@H](Oc2cc(-c3ccc(F)cc3)nc3cc(OC)ccc23)CN1C(=O)[C@@H](NC(=O)OC1CCCC1)C(C)(C)C)P(=O)(O)Cc1ccccc1. The minimum Gasteiger partial charge on any atom is -0.497 e. The Bertz CT molecular complexity index is 2260. The zero-order chi connectivity index (χ0) is 42.1. The number of hydrogen-bond acceptors (Lipinski definition) is 8. The number of likely N-dealkylation sites (tertiary alicyclic amines) is 1. The lowest BCUT2D eigenvalue weighted by atomic mass is 9.85. The van der Waals surface area contributed by atoms with Gasteiger partial charge in [-0.1, -0.05) is 57.2 Å². The van der Waals surface area contributed by atoms with Crippen molar-refractivity contribution >= 4 is 36.2 Å². The summed E-state index contributed by atoms with van der Waals surface area (Å²) in [5.74, 6) is -1.03. The molecule has 3 aliphatic rings. The van der Waals surface area contributed by atoms with Crippen LogP contribution in [0.1, 0.15) is 64.9 Å². The summed E-state index contributed by atoms with van der Waals surface area (Å²) in [6.45, 7) is 9.28. The number of halogens is 1. The van der Waals surface area contributed by atoms with Crippen molar-refractivity contribution < 1.29 is 42.4 Å². The third-order valence-corrected chi connectivity index (χ3v) is 14.4. The van der Waals surface area contributed by atoms with Crippen molar-refractivity contribution in [3.8, 4) is 22.8 Å². The van der Waals surface area contributed by atoms with Crippen molar-refractivity contribution in [1.82, 2.24) is 20.5 Å². The molecule has 3 aromatic carbocycles. The number of carbonyl (C=O) groups is 3. The molecule has 0 spiro atoms. The van der Waals surface area contributed by atoms with Crippen LogP contribution in [0, 0.1) is 17.2 Å². The van der Waals surface area contributed by atoms with Crippen molar-refractivity contribution in [3.05, 3.63) is 103 Å².